The van der Waals surface area contributed by atoms with E-state index in [-0.39, 0.29) is 30.6 Å². The van der Waals surface area contributed by atoms with Gasteiger partial charge in [0, 0.05) is 24.2 Å². The monoisotopic (exact) mass is 448 g/mol. The van der Waals surface area contributed by atoms with Crippen molar-refractivity contribution in [2.45, 2.75) is 51.6 Å². The van der Waals surface area contributed by atoms with Gasteiger partial charge in [-0.25, -0.2) is 0 Å². The van der Waals surface area contributed by atoms with Crippen molar-refractivity contribution in [1.82, 2.24) is 9.80 Å². The summed E-state index contributed by atoms with van der Waals surface area (Å²) < 4.78 is 0. The molecule has 0 saturated carbocycles. The summed E-state index contributed by atoms with van der Waals surface area (Å²) >= 11 is 0. The molecule has 0 radical (unpaired) electrons. The number of hydrogen-bond donors (Lipinski definition) is 0. The normalized spacial score (nSPS) is 17.6. The molecule has 0 spiro atoms. The number of piperidine rings is 2. The fourth-order valence-electron chi connectivity index (χ4n) is 4.44. The number of rotatable bonds is 6. The van der Waals surface area contributed by atoms with E-state index in [1.165, 1.54) is 75.8 Å². The molecule has 0 amide bonds. The van der Waals surface area contributed by atoms with Crippen LogP contribution in [-0.4, -0.2) is 41.8 Å². The third kappa shape index (κ3) is 6.81. The van der Waals surface area contributed by atoms with Crippen LogP contribution >= 0.6 is 24.8 Å². The summed E-state index contributed by atoms with van der Waals surface area (Å²) in [5.41, 5.74) is 4.17. The molecular weight excluding hydrogens is 415 g/mol. The number of carbonyl (C=O) groups excluding carboxylic acids is 1. The summed E-state index contributed by atoms with van der Waals surface area (Å²) in [7, 11) is 0. The first kappa shape index (κ1) is 24.9. The van der Waals surface area contributed by atoms with Crippen LogP contribution in [0.25, 0.3) is 0 Å². The van der Waals surface area contributed by atoms with E-state index in [0.717, 1.165) is 24.2 Å². The molecular formula is C25H34Cl2N2O. The van der Waals surface area contributed by atoms with Crippen molar-refractivity contribution in [3.05, 3.63) is 70.8 Å². The average molecular weight is 449 g/mol. The second-order valence-corrected chi connectivity index (χ2v) is 8.40. The van der Waals surface area contributed by atoms with E-state index in [0.29, 0.717) is 0 Å². The predicted octanol–water partition coefficient (Wildman–Crippen LogP) is 5.73. The molecule has 0 aliphatic carbocycles. The molecule has 0 aromatic heterocycles. The zero-order valence-corrected chi connectivity index (χ0v) is 19.4. The van der Waals surface area contributed by atoms with Crippen molar-refractivity contribution in [3.8, 4) is 0 Å². The van der Waals surface area contributed by atoms with Gasteiger partial charge in [-0.15, -0.1) is 24.8 Å². The van der Waals surface area contributed by atoms with Crippen LogP contribution in [-0.2, 0) is 13.1 Å². The van der Waals surface area contributed by atoms with Crippen LogP contribution in [0.5, 0.6) is 0 Å². The second kappa shape index (κ2) is 12.5. The lowest BCUT2D eigenvalue weighted by atomic mass is 10.00. The molecule has 0 bridgehead atoms. The molecule has 2 saturated heterocycles. The number of carbonyl (C=O) groups is 1. The van der Waals surface area contributed by atoms with E-state index in [2.05, 4.69) is 34.1 Å². The number of hydrogen-bond acceptors (Lipinski definition) is 3. The van der Waals surface area contributed by atoms with E-state index in [1.807, 2.05) is 24.3 Å². The number of likely N-dealkylation sites (tertiary alicyclic amines) is 2. The van der Waals surface area contributed by atoms with Gasteiger partial charge in [-0.3, -0.25) is 14.6 Å². The van der Waals surface area contributed by atoms with Crippen LogP contribution in [0.1, 0.15) is 65.6 Å². The lowest BCUT2D eigenvalue weighted by Gasteiger charge is -2.26. The second-order valence-electron chi connectivity index (χ2n) is 8.40. The number of ketones is 1. The topological polar surface area (TPSA) is 23.6 Å². The largest absolute Gasteiger partial charge is 0.299 e. The minimum atomic E-state index is 0. The van der Waals surface area contributed by atoms with E-state index < -0.39 is 0 Å². The molecule has 2 heterocycles. The van der Waals surface area contributed by atoms with Crippen molar-refractivity contribution in [1.29, 1.82) is 0 Å². The Labute approximate surface area is 193 Å². The lowest BCUT2D eigenvalue weighted by molar-refractivity contribution is 0.103. The quantitative estimate of drug-likeness (QED) is 0.526. The van der Waals surface area contributed by atoms with E-state index >= 15 is 0 Å². The van der Waals surface area contributed by atoms with Crippen LogP contribution in [0.2, 0.25) is 0 Å². The van der Waals surface area contributed by atoms with Gasteiger partial charge in [0.05, 0.1) is 0 Å². The Morgan fingerprint density at radius 3 is 1.23 bits per heavy atom. The summed E-state index contributed by atoms with van der Waals surface area (Å²) in [6.07, 6.45) is 7.96. The zero-order chi connectivity index (χ0) is 19.2. The highest BCUT2D eigenvalue weighted by atomic mass is 35.5. The third-order valence-corrected chi connectivity index (χ3v) is 6.14. The number of halogens is 2. The van der Waals surface area contributed by atoms with Crippen LogP contribution in [0, 0.1) is 0 Å². The van der Waals surface area contributed by atoms with Gasteiger partial charge in [0.2, 0.25) is 0 Å². The Morgan fingerprint density at radius 1 is 0.567 bits per heavy atom. The van der Waals surface area contributed by atoms with Gasteiger partial charge in [-0.05, 0) is 63.0 Å². The smallest absolute Gasteiger partial charge is 0.193 e. The van der Waals surface area contributed by atoms with Crippen molar-refractivity contribution in [3.63, 3.8) is 0 Å². The van der Waals surface area contributed by atoms with Gasteiger partial charge in [0.25, 0.3) is 0 Å². The van der Waals surface area contributed by atoms with Crippen molar-refractivity contribution >= 4 is 30.6 Å². The maximum absolute atomic E-state index is 12.8. The van der Waals surface area contributed by atoms with Crippen molar-refractivity contribution < 1.29 is 4.79 Å². The molecule has 2 aromatic carbocycles. The highest BCUT2D eigenvalue weighted by molar-refractivity contribution is 6.09. The number of nitrogens with zero attached hydrogens (tertiary/aromatic N) is 2. The SMILES string of the molecule is Cl.Cl.O=C(c1ccc(CN2CCCCC2)cc1)c1ccc(CN2CCCCC2)cc1. The van der Waals surface area contributed by atoms with Crippen LogP contribution in [0.15, 0.2) is 48.5 Å². The third-order valence-electron chi connectivity index (χ3n) is 6.14. The average Bonchev–Trinajstić information content (AvgIpc) is 2.76. The Balaban J connectivity index is 0.00000160. The molecule has 5 heteroatoms. The standard InChI is InChI=1S/C25H32N2O.2ClH/c28-25(23-11-7-21(8-12-23)19-26-15-3-1-4-16-26)24-13-9-22(10-14-24)20-27-17-5-2-6-18-27;;/h7-14H,1-6,15-20H2;2*1H. The molecule has 0 unspecified atom stereocenters. The zero-order valence-electron chi connectivity index (χ0n) is 17.7. The molecule has 0 atom stereocenters. The minimum absolute atomic E-state index is 0. The molecule has 164 valence electrons. The molecule has 0 N–H and O–H groups in total. The Morgan fingerprint density at radius 2 is 0.900 bits per heavy atom. The Bertz CT molecular complexity index is 699. The van der Waals surface area contributed by atoms with Gasteiger partial charge in [0.1, 0.15) is 0 Å². The van der Waals surface area contributed by atoms with Crippen LogP contribution in [0.3, 0.4) is 0 Å². The molecule has 2 aliphatic rings. The maximum Gasteiger partial charge on any atom is 0.193 e. The molecule has 3 nitrogen and oxygen atoms in total. The molecule has 2 aliphatic heterocycles. The molecule has 30 heavy (non-hydrogen) atoms. The maximum atomic E-state index is 12.8. The first-order valence-electron chi connectivity index (χ1n) is 11.0. The Hall–Kier alpha value is -1.39. The summed E-state index contributed by atoms with van der Waals surface area (Å²) in [5, 5.41) is 0. The van der Waals surface area contributed by atoms with E-state index in [4.69, 9.17) is 0 Å². The van der Waals surface area contributed by atoms with E-state index in [9.17, 15) is 4.79 Å². The molecule has 2 aromatic rings. The summed E-state index contributed by atoms with van der Waals surface area (Å²) in [6, 6.07) is 16.4. The molecule has 4 rings (SSSR count). The number of benzene rings is 2. The van der Waals surface area contributed by atoms with Gasteiger partial charge < -0.3 is 0 Å². The van der Waals surface area contributed by atoms with Crippen LogP contribution < -0.4 is 0 Å². The van der Waals surface area contributed by atoms with Gasteiger partial charge in [0.15, 0.2) is 5.78 Å². The molecule has 2 fully saturated rings. The summed E-state index contributed by atoms with van der Waals surface area (Å²) in [4.78, 5) is 17.9. The fraction of sp³-hybridized carbons (Fsp3) is 0.480. The first-order valence-corrected chi connectivity index (χ1v) is 11.0. The predicted molar refractivity (Wildman–Crippen MR) is 129 cm³/mol. The van der Waals surface area contributed by atoms with Gasteiger partial charge >= 0.3 is 0 Å². The Kier molecular flexibility index (Phi) is 10.3. The van der Waals surface area contributed by atoms with Crippen LogP contribution in [0.4, 0.5) is 0 Å². The summed E-state index contributed by atoms with van der Waals surface area (Å²) in [5.74, 6) is 0.119. The summed E-state index contributed by atoms with van der Waals surface area (Å²) in [6.45, 7) is 6.79. The highest BCUT2D eigenvalue weighted by Gasteiger charge is 2.13. The first-order chi connectivity index (χ1) is 13.8. The van der Waals surface area contributed by atoms with Gasteiger partial charge in [-0.2, -0.15) is 0 Å². The fourth-order valence-corrected chi connectivity index (χ4v) is 4.44. The minimum Gasteiger partial charge on any atom is -0.299 e. The van der Waals surface area contributed by atoms with Crippen molar-refractivity contribution in [2.75, 3.05) is 26.2 Å². The highest BCUT2D eigenvalue weighted by Crippen LogP contribution is 2.17. The lowest BCUT2D eigenvalue weighted by Crippen LogP contribution is -2.29. The van der Waals surface area contributed by atoms with Gasteiger partial charge in [-0.1, -0.05) is 61.4 Å². The van der Waals surface area contributed by atoms with Crippen molar-refractivity contribution in [2.24, 2.45) is 0 Å². The van der Waals surface area contributed by atoms with E-state index in [1.54, 1.807) is 0 Å².